The van der Waals surface area contributed by atoms with Gasteiger partial charge in [-0.3, -0.25) is 9.36 Å². The molecule has 0 radical (unpaired) electrons. The zero-order valence-electron chi connectivity index (χ0n) is 15.2. The van der Waals surface area contributed by atoms with E-state index in [9.17, 15) is 9.59 Å². The normalized spacial score (nSPS) is 17.1. The largest absolute Gasteiger partial charge is 0.347 e. The van der Waals surface area contributed by atoms with E-state index in [1.807, 2.05) is 30.0 Å². The highest BCUT2D eigenvalue weighted by molar-refractivity contribution is 5.77. The average Bonchev–Trinajstić information content (AvgIpc) is 3.03. The second kappa shape index (κ2) is 7.21. The lowest BCUT2D eigenvalue weighted by atomic mass is 9.99. The molecular weight excluding hydrogens is 314 g/mol. The molecule has 0 saturated carbocycles. The third-order valence-corrected chi connectivity index (χ3v) is 5.02. The lowest BCUT2D eigenvalue weighted by Gasteiger charge is -2.26. The number of benzene rings is 1. The number of aromatic nitrogens is 2. The summed E-state index contributed by atoms with van der Waals surface area (Å²) >= 11 is 0. The Labute approximate surface area is 148 Å². The fourth-order valence-electron chi connectivity index (χ4n) is 3.75. The van der Waals surface area contributed by atoms with E-state index in [4.69, 9.17) is 0 Å². The van der Waals surface area contributed by atoms with Crippen LogP contribution in [-0.2, 0) is 11.3 Å². The van der Waals surface area contributed by atoms with Crippen molar-refractivity contribution < 1.29 is 4.79 Å². The molecule has 2 heterocycles. The molecule has 0 bridgehead atoms. The molecule has 25 heavy (non-hydrogen) atoms. The Balaban J connectivity index is 1.73. The molecule has 1 aliphatic heterocycles. The van der Waals surface area contributed by atoms with Gasteiger partial charge in [0.25, 0.3) is 0 Å². The second-order valence-corrected chi connectivity index (χ2v) is 6.82. The predicted molar refractivity (Wildman–Crippen MR) is 97.5 cm³/mol. The Morgan fingerprint density at radius 2 is 2.00 bits per heavy atom. The molecule has 2 aromatic rings. The molecule has 5 nitrogen and oxygen atoms in total. The van der Waals surface area contributed by atoms with E-state index in [1.165, 1.54) is 11.1 Å². The molecule has 0 aliphatic carbocycles. The van der Waals surface area contributed by atoms with Crippen molar-refractivity contribution in [2.24, 2.45) is 0 Å². The van der Waals surface area contributed by atoms with E-state index >= 15 is 0 Å². The van der Waals surface area contributed by atoms with Gasteiger partial charge in [-0.25, -0.2) is 4.79 Å². The molecule has 0 N–H and O–H groups in total. The molecule has 1 aliphatic rings. The lowest BCUT2D eigenvalue weighted by Crippen LogP contribution is -2.33. The maximum atomic E-state index is 12.8. The van der Waals surface area contributed by atoms with E-state index in [-0.39, 0.29) is 17.6 Å². The summed E-state index contributed by atoms with van der Waals surface area (Å²) in [6.45, 7) is 6.95. The Morgan fingerprint density at radius 1 is 1.24 bits per heavy atom. The highest BCUT2D eigenvalue weighted by atomic mass is 16.2. The Morgan fingerprint density at radius 3 is 2.72 bits per heavy atom. The summed E-state index contributed by atoms with van der Waals surface area (Å²) < 4.78 is 1.59. The summed E-state index contributed by atoms with van der Waals surface area (Å²) in [5.74, 6) is 0.109. The quantitative estimate of drug-likeness (QED) is 0.860. The maximum Gasteiger partial charge on any atom is 0.347 e. The monoisotopic (exact) mass is 339 g/mol. The van der Waals surface area contributed by atoms with Gasteiger partial charge in [0.1, 0.15) is 0 Å². The first-order valence-corrected chi connectivity index (χ1v) is 8.87. The number of nitrogens with zero attached hydrogens (tertiary/aromatic N) is 3. The van der Waals surface area contributed by atoms with Crippen molar-refractivity contribution in [3.05, 3.63) is 63.3 Å². The summed E-state index contributed by atoms with van der Waals surface area (Å²) in [6.07, 6.45) is 2.35. The van der Waals surface area contributed by atoms with Crippen molar-refractivity contribution in [2.75, 3.05) is 6.54 Å². The van der Waals surface area contributed by atoms with Gasteiger partial charge < -0.3 is 4.90 Å². The summed E-state index contributed by atoms with van der Waals surface area (Å²) in [5.41, 5.74) is 3.74. The minimum Gasteiger partial charge on any atom is -0.336 e. The lowest BCUT2D eigenvalue weighted by molar-refractivity contribution is -0.132. The van der Waals surface area contributed by atoms with E-state index in [2.05, 4.69) is 24.0 Å². The van der Waals surface area contributed by atoms with Crippen LogP contribution < -0.4 is 5.69 Å². The summed E-state index contributed by atoms with van der Waals surface area (Å²) in [4.78, 5) is 30.8. The number of hydrogen-bond acceptors (Lipinski definition) is 3. The van der Waals surface area contributed by atoms with Gasteiger partial charge in [-0.05, 0) is 50.8 Å². The van der Waals surface area contributed by atoms with Gasteiger partial charge in [-0.15, -0.1) is 0 Å². The third kappa shape index (κ3) is 3.65. The smallest absolute Gasteiger partial charge is 0.336 e. The fourth-order valence-corrected chi connectivity index (χ4v) is 3.75. The zero-order chi connectivity index (χ0) is 18.0. The van der Waals surface area contributed by atoms with Crippen molar-refractivity contribution in [3.63, 3.8) is 0 Å². The Hall–Kier alpha value is -2.43. The standard InChI is InChI=1S/C20H25N3O2/c1-14-7-4-5-8-17(14)18-9-6-11-23(18)19(24)10-12-22-16(3)13-15(2)21-20(22)25/h4-5,7-8,13,18H,6,9-12H2,1-3H3. The van der Waals surface area contributed by atoms with E-state index in [1.54, 1.807) is 11.5 Å². The second-order valence-electron chi connectivity index (χ2n) is 6.82. The number of hydrogen-bond donors (Lipinski definition) is 0. The number of aryl methyl sites for hydroxylation is 3. The summed E-state index contributed by atoms with van der Waals surface area (Å²) in [5, 5.41) is 0. The highest BCUT2D eigenvalue weighted by Crippen LogP contribution is 2.34. The summed E-state index contributed by atoms with van der Waals surface area (Å²) in [6, 6.07) is 10.3. The molecule has 132 valence electrons. The van der Waals surface area contributed by atoms with Crippen molar-refractivity contribution in [1.82, 2.24) is 14.5 Å². The van der Waals surface area contributed by atoms with Gasteiger partial charge in [0.15, 0.2) is 0 Å². The molecule has 1 atom stereocenters. The molecule has 5 heteroatoms. The number of amides is 1. The van der Waals surface area contributed by atoms with Gasteiger partial charge in [0.2, 0.25) is 5.91 Å². The first kappa shape index (κ1) is 17.4. The average molecular weight is 339 g/mol. The molecule has 1 fully saturated rings. The fraction of sp³-hybridized carbons (Fsp3) is 0.450. The molecule has 1 amide bonds. The molecule has 1 aromatic carbocycles. The van der Waals surface area contributed by atoms with Crippen LogP contribution in [0.3, 0.4) is 0 Å². The van der Waals surface area contributed by atoms with Crippen LogP contribution in [0.25, 0.3) is 0 Å². The predicted octanol–water partition coefficient (Wildman–Crippen LogP) is 2.92. The van der Waals surface area contributed by atoms with Crippen molar-refractivity contribution in [2.45, 2.75) is 52.6 Å². The van der Waals surface area contributed by atoms with E-state index in [0.717, 1.165) is 25.1 Å². The van der Waals surface area contributed by atoms with Crippen LogP contribution in [0.15, 0.2) is 35.1 Å². The van der Waals surface area contributed by atoms with E-state index < -0.39 is 0 Å². The molecule has 1 unspecified atom stereocenters. The van der Waals surface area contributed by atoms with E-state index in [0.29, 0.717) is 18.7 Å². The van der Waals surface area contributed by atoms with Crippen LogP contribution in [0.1, 0.15) is 47.8 Å². The number of carbonyl (C=O) groups excluding carboxylic acids is 1. The maximum absolute atomic E-state index is 12.8. The number of likely N-dealkylation sites (tertiary alicyclic amines) is 1. The van der Waals surface area contributed by atoms with Crippen LogP contribution in [0.2, 0.25) is 0 Å². The van der Waals surface area contributed by atoms with Crippen molar-refractivity contribution in [3.8, 4) is 0 Å². The first-order chi connectivity index (χ1) is 12.0. The van der Waals surface area contributed by atoms with Crippen LogP contribution in [-0.4, -0.2) is 26.9 Å². The third-order valence-electron chi connectivity index (χ3n) is 5.02. The van der Waals surface area contributed by atoms with Gasteiger partial charge in [0.05, 0.1) is 6.04 Å². The van der Waals surface area contributed by atoms with Gasteiger partial charge in [0, 0.05) is 30.9 Å². The SMILES string of the molecule is Cc1cc(C)n(CCC(=O)N2CCCC2c2ccccc2C)c(=O)n1. The van der Waals surface area contributed by atoms with Gasteiger partial charge in [-0.2, -0.15) is 4.98 Å². The molecule has 3 rings (SSSR count). The van der Waals surface area contributed by atoms with Crippen LogP contribution in [0.5, 0.6) is 0 Å². The van der Waals surface area contributed by atoms with Crippen LogP contribution in [0.4, 0.5) is 0 Å². The minimum absolute atomic E-state index is 0.109. The van der Waals surface area contributed by atoms with Crippen molar-refractivity contribution >= 4 is 5.91 Å². The number of rotatable bonds is 4. The molecular formula is C20H25N3O2. The molecule has 1 aromatic heterocycles. The van der Waals surface area contributed by atoms with Crippen LogP contribution >= 0.6 is 0 Å². The molecule has 0 spiro atoms. The Bertz CT molecular complexity index is 841. The summed E-state index contributed by atoms with van der Waals surface area (Å²) in [7, 11) is 0. The first-order valence-electron chi connectivity index (χ1n) is 8.87. The topological polar surface area (TPSA) is 55.2 Å². The zero-order valence-corrected chi connectivity index (χ0v) is 15.2. The Kier molecular flexibility index (Phi) is 5.02. The minimum atomic E-state index is -0.276. The number of carbonyl (C=O) groups is 1. The van der Waals surface area contributed by atoms with Gasteiger partial charge in [-0.1, -0.05) is 24.3 Å². The molecule has 1 saturated heterocycles. The van der Waals surface area contributed by atoms with Crippen LogP contribution in [0, 0.1) is 20.8 Å². The van der Waals surface area contributed by atoms with Gasteiger partial charge >= 0.3 is 5.69 Å². The highest BCUT2D eigenvalue weighted by Gasteiger charge is 2.30. The van der Waals surface area contributed by atoms with Crippen molar-refractivity contribution in [1.29, 1.82) is 0 Å².